The molecule has 1 saturated carbocycles. The van der Waals surface area contributed by atoms with E-state index in [1.165, 1.54) is 15.0 Å². The first-order valence-corrected chi connectivity index (χ1v) is 37.4. The van der Waals surface area contributed by atoms with Crippen molar-refractivity contribution in [1.29, 1.82) is 0 Å². The van der Waals surface area contributed by atoms with Crippen molar-refractivity contribution in [1.82, 2.24) is 0 Å². The summed E-state index contributed by atoms with van der Waals surface area (Å²) in [5, 5.41) is 30.3. The lowest BCUT2D eigenvalue weighted by atomic mass is 9.66. The van der Waals surface area contributed by atoms with Crippen LogP contribution in [0.4, 0.5) is 0 Å². The number of unbranched alkanes of at least 4 members (excludes halogenated alkanes) is 3. The highest BCUT2D eigenvalue weighted by molar-refractivity contribution is 7.19. The molecule has 64 heavy (non-hydrogen) atoms. The van der Waals surface area contributed by atoms with E-state index in [9.17, 15) is 20.1 Å². The first kappa shape index (κ1) is 57.9. The number of rotatable bonds is 34. The van der Waals surface area contributed by atoms with Crippen molar-refractivity contribution in [3.63, 3.8) is 0 Å². The third-order valence-corrected chi connectivity index (χ3v) is 19.5. The van der Waals surface area contributed by atoms with Crippen LogP contribution in [0.3, 0.4) is 0 Å². The molecule has 2 aromatic rings. The maximum absolute atomic E-state index is 12.7. The third kappa shape index (κ3) is 15.3. The Labute approximate surface area is 405 Å². The molecule has 1 aliphatic carbocycles. The van der Waals surface area contributed by atoms with Crippen molar-refractivity contribution in [2.24, 2.45) is 45.3 Å². The van der Waals surface area contributed by atoms with Gasteiger partial charge in [0.25, 0.3) is 0 Å². The van der Waals surface area contributed by atoms with Gasteiger partial charge in [0.05, 0.1) is 25.2 Å². The van der Waals surface area contributed by atoms with Crippen LogP contribution in [-0.4, -0.2) is 125 Å². The summed E-state index contributed by atoms with van der Waals surface area (Å²) in [7, 11) is -4.34. The van der Waals surface area contributed by atoms with Gasteiger partial charge in [0.1, 0.15) is 25.5 Å². The second kappa shape index (κ2) is 28.3. The quantitative estimate of drug-likeness (QED) is 0.0358. The van der Waals surface area contributed by atoms with Gasteiger partial charge < -0.3 is 46.6 Å². The molecular weight excluding hydrogens is 929 g/mol. The van der Waals surface area contributed by atoms with E-state index >= 15 is 0 Å². The summed E-state index contributed by atoms with van der Waals surface area (Å²) in [6.45, 7) is 26.1. The Morgan fingerprint density at radius 1 is 0.672 bits per heavy atom. The number of aliphatic hydroxyl groups excluding tert-OH is 3. The van der Waals surface area contributed by atoms with Crippen molar-refractivity contribution in [2.45, 2.75) is 163 Å². The maximum atomic E-state index is 12.7. The highest BCUT2D eigenvalue weighted by atomic mass is 32.1. The summed E-state index contributed by atoms with van der Waals surface area (Å²) in [6, 6.07) is 11.2. The zero-order valence-corrected chi connectivity index (χ0v) is 51.3. The number of aliphatic hydroxyl groups is 3. The van der Waals surface area contributed by atoms with Gasteiger partial charge in [-0.1, -0.05) is 118 Å². The Morgan fingerprint density at radius 3 is 1.62 bits per heavy atom. The van der Waals surface area contributed by atoms with Crippen molar-refractivity contribution < 1.29 is 51.4 Å². The molecular formula is C46H90O11SSi6. The normalized spacial score (nSPS) is 21.9. The third-order valence-electron chi connectivity index (χ3n) is 14.4. The number of carbonyl (C=O) groups excluding carboxylic acids is 1. The van der Waals surface area contributed by atoms with Crippen LogP contribution in [0.25, 0.3) is 10.1 Å². The number of carbonyl (C=O) groups is 1. The zero-order valence-electron chi connectivity index (χ0n) is 42.0. The second-order valence-corrected chi connectivity index (χ2v) is 26.5. The van der Waals surface area contributed by atoms with E-state index in [0.29, 0.717) is 30.1 Å². The number of hydrogen-bond donors (Lipinski definition) is 3. The number of ether oxygens (including phenoxy) is 1. The number of hydrogen-bond acceptors (Lipinski definition) is 12. The molecule has 0 aliphatic heterocycles. The molecule has 1 aromatic heterocycles. The van der Waals surface area contributed by atoms with E-state index < -0.39 is 83.8 Å². The topological polar surface area (TPSA) is 142 Å². The molecule has 3 N–H and O–H groups in total. The number of thiophene rings is 1. The van der Waals surface area contributed by atoms with Gasteiger partial charge in [-0.15, -0.1) is 11.3 Å². The summed E-state index contributed by atoms with van der Waals surface area (Å²) in [5.41, 5.74) is -1.89. The van der Waals surface area contributed by atoms with Gasteiger partial charge in [-0.2, -0.15) is 0 Å². The maximum Gasteiger partial charge on any atom is 0.305 e. The van der Waals surface area contributed by atoms with E-state index in [1.54, 1.807) is 0 Å². The average Bonchev–Trinajstić information content (AvgIpc) is 3.88. The molecule has 0 radical (unpaired) electrons. The monoisotopic (exact) mass is 1020 g/mol. The summed E-state index contributed by atoms with van der Waals surface area (Å²) in [4.78, 5) is 14.1. The minimum Gasteiger partial charge on any atom is -0.465 e. The number of esters is 1. The highest BCUT2D eigenvalue weighted by Crippen LogP contribution is 2.61. The molecule has 370 valence electrons. The zero-order chi connectivity index (χ0) is 47.6. The van der Waals surface area contributed by atoms with Gasteiger partial charge in [0.2, 0.25) is 0 Å². The first-order chi connectivity index (χ1) is 30.5. The van der Waals surface area contributed by atoms with E-state index in [2.05, 4.69) is 111 Å². The molecule has 1 aliphatic rings. The van der Waals surface area contributed by atoms with Gasteiger partial charge in [-0.05, 0) is 73.3 Å². The van der Waals surface area contributed by atoms with E-state index in [1.807, 2.05) is 11.3 Å². The second-order valence-electron chi connectivity index (χ2n) is 19.9. The summed E-state index contributed by atoms with van der Waals surface area (Å²) < 4.78 is 46.5. The van der Waals surface area contributed by atoms with Crippen LogP contribution in [-0.2, 0) is 36.1 Å². The van der Waals surface area contributed by atoms with Crippen LogP contribution in [0.1, 0.15) is 110 Å². The highest BCUT2D eigenvalue weighted by Gasteiger charge is 2.57. The van der Waals surface area contributed by atoms with Crippen LogP contribution >= 0.6 is 11.3 Å². The van der Waals surface area contributed by atoms with Crippen LogP contribution < -0.4 is 0 Å². The molecule has 1 fully saturated rings. The molecule has 5 unspecified atom stereocenters. The van der Waals surface area contributed by atoms with Crippen molar-refractivity contribution in [2.75, 3.05) is 26.4 Å². The van der Waals surface area contributed by atoms with Gasteiger partial charge >= 0.3 is 5.97 Å². The lowest BCUT2D eigenvalue weighted by molar-refractivity contribution is -0.151. The Hall–Kier alpha value is -0.409. The van der Waals surface area contributed by atoms with Crippen LogP contribution in [0.2, 0.25) is 39.3 Å². The molecule has 5 atom stereocenters. The van der Waals surface area contributed by atoms with Gasteiger partial charge in [-0.3, -0.25) is 4.79 Å². The van der Waals surface area contributed by atoms with Gasteiger partial charge in [0, 0.05) is 38.2 Å². The number of benzene rings is 1. The molecule has 0 spiro atoms. The Balaban J connectivity index is 2.07. The van der Waals surface area contributed by atoms with E-state index in [4.69, 9.17) is 31.3 Å². The summed E-state index contributed by atoms with van der Waals surface area (Å²) in [6.07, 6.45) is 7.48. The Kier molecular flexibility index (Phi) is 25.6. The predicted molar refractivity (Wildman–Crippen MR) is 280 cm³/mol. The van der Waals surface area contributed by atoms with E-state index in [-0.39, 0.29) is 60.0 Å². The van der Waals surface area contributed by atoms with Crippen LogP contribution in [0.15, 0.2) is 30.3 Å². The number of fused-ring (bicyclic) bond motifs is 1. The molecule has 3 rings (SSSR count). The molecule has 0 amide bonds. The fourth-order valence-electron chi connectivity index (χ4n) is 10.6. The fraction of sp³-hybridized carbons (Fsp3) is 0.804. The lowest BCUT2D eigenvalue weighted by Crippen LogP contribution is -2.44. The van der Waals surface area contributed by atoms with Crippen molar-refractivity contribution in [3.8, 4) is 0 Å². The Morgan fingerprint density at radius 2 is 1.14 bits per heavy atom. The molecule has 18 heteroatoms. The standard InChI is InChI=1S/C46H90O11SSi6/c1-43(2,40(52-59-7)53-60-8)34(38-25-31-19-17-18-21-37(31)58-38)24-23-33-32(20-15-13-14-16-22-39(50)51-30-46(27-47,28-48)29-49)35(44(3,4)41(54-61-9)55-62-10)26-36(33)45(5,6)42(56-63-11)57-64-12/h17-19,21,25,32-36,40-42,47-49H,13-16,20,22-24,26-30,59-64H2,1-12H3. The SMILES string of the molecule is C[SiH2]OC(O[SiH2]C)C(C)(C)C(CCC1C(CCCCCCC(=O)OCC(CO)(CO)CO)C(C(C)(C)C(O[SiH2]C)O[SiH2]C)CC1C(C)(C)C(O[SiH2]C)O[SiH2]C)c1cc2ccccc2s1. The molecule has 1 heterocycles. The minimum atomic E-state index is -1.22. The Bertz CT molecular complexity index is 1560. The average molecular weight is 1020 g/mol. The predicted octanol–water partition coefficient (Wildman–Crippen LogP) is 5.43. The smallest absolute Gasteiger partial charge is 0.305 e. The molecule has 0 bridgehead atoms. The molecule has 0 saturated heterocycles. The van der Waals surface area contributed by atoms with Crippen molar-refractivity contribution in [3.05, 3.63) is 35.2 Å². The summed E-state index contributed by atoms with van der Waals surface area (Å²) >= 11 is 1.93. The first-order valence-electron chi connectivity index (χ1n) is 24.7. The minimum absolute atomic E-state index is 0.206. The van der Waals surface area contributed by atoms with E-state index in [0.717, 1.165) is 44.9 Å². The van der Waals surface area contributed by atoms with Gasteiger partial charge in [0.15, 0.2) is 58.6 Å². The fourth-order valence-corrected chi connectivity index (χ4v) is 17.6. The molecule has 1 aromatic carbocycles. The van der Waals surface area contributed by atoms with Crippen LogP contribution in [0, 0.1) is 45.3 Å². The van der Waals surface area contributed by atoms with Gasteiger partial charge in [-0.25, -0.2) is 0 Å². The largest absolute Gasteiger partial charge is 0.465 e. The summed E-state index contributed by atoms with van der Waals surface area (Å²) in [5.74, 6) is 1.39. The van der Waals surface area contributed by atoms with Crippen LogP contribution in [0.5, 0.6) is 0 Å². The van der Waals surface area contributed by atoms with Crippen molar-refractivity contribution >= 4 is 86.0 Å². The molecule has 11 nitrogen and oxygen atoms in total. The lowest BCUT2D eigenvalue weighted by Gasteiger charge is -2.44.